The summed E-state index contributed by atoms with van der Waals surface area (Å²) >= 11 is 0. The van der Waals surface area contributed by atoms with Gasteiger partial charge in [0.05, 0.1) is 17.1 Å². The molecule has 0 N–H and O–H groups in total. The molecule has 1 heterocycles. The summed E-state index contributed by atoms with van der Waals surface area (Å²) in [4.78, 5) is 0. The van der Waals surface area contributed by atoms with Crippen LogP contribution in [0.5, 0.6) is 0 Å². The van der Waals surface area contributed by atoms with Crippen LogP contribution in [-0.2, 0) is 6.54 Å². The van der Waals surface area contributed by atoms with Gasteiger partial charge in [-0.2, -0.15) is 5.26 Å². The number of aryl methyl sites for hydroxylation is 1. The third-order valence-corrected chi connectivity index (χ3v) is 2.08. The fourth-order valence-electron chi connectivity index (χ4n) is 1.41. The van der Waals surface area contributed by atoms with Gasteiger partial charge in [0, 0.05) is 6.54 Å². The molecule has 0 saturated heterocycles. The van der Waals surface area contributed by atoms with E-state index >= 15 is 0 Å². The van der Waals surface area contributed by atoms with Gasteiger partial charge < -0.3 is 0 Å². The first-order valence-electron chi connectivity index (χ1n) is 4.58. The van der Waals surface area contributed by atoms with Crippen molar-refractivity contribution in [2.75, 3.05) is 0 Å². The Bertz CT molecular complexity index is 492. The van der Waals surface area contributed by atoms with Crippen LogP contribution in [0.2, 0.25) is 0 Å². The fraction of sp³-hybridized carbons (Fsp3) is 0.300. The lowest BCUT2D eigenvalue weighted by Gasteiger charge is -1.97. The van der Waals surface area contributed by atoms with Gasteiger partial charge in [-0.15, -0.1) is 5.10 Å². The van der Waals surface area contributed by atoms with Crippen LogP contribution in [0.4, 0.5) is 0 Å². The molecule has 0 aliphatic carbocycles. The highest BCUT2D eigenvalue weighted by Gasteiger charge is 2.03. The fourth-order valence-corrected chi connectivity index (χ4v) is 1.41. The Balaban J connectivity index is 2.59. The largest absolute Gasteiger partial charge is 0.245 e. The molecule has 70 valence electrons. The molecule has 1 aromatic heterocycles. The Kier molecular flexibility index (Phi) is 2.15. The van der Waals surface area contributed by atoms with E-state index in [9.17, 15) is 0 Å². The molecule has 0 spiro atoms. The first-order chi connectivity index (χ1) is 6.85. The minimum atomic E-state index is 0.650. The molecule has 14 heavy (non-hydrogen) atoms. The van der Waals surface area contributed by atoms with Crippen LogP contribution in [0.25, 0.3) is 11.0 Å². The van der Waals surface area contributed by atoms with Gasteiger partial charge in [0.2, 0.25) is 0 Å². The Hall–Kier alpha value is -1.89. The van der Waals surface area contributed by atoms with Gasteiger partial charge in [-0.05, 0) is 24.6 Å². The van der Waals surface area contributed by atoms with Crippen molar-refractivity contribution in [3.8, 4) is 6.07 Å². The van der Waals surface area contributed by atoms with Crippen LogP contribution < -0.4 is 0 Å². The van der Waals surface area contributed by atoms with E-state index in [0.29, 0.717) is 5.56 Å². The van der Waals surface area contributed by atoms with Gasteiger partial charge in [0.25, 0.3) is 0 Å². The zero-order chi connectivity index (χ0) is 9.97. The topological polar surface area (TPSA) is 54.5 Å². The van der Waals surface area contributed by atoms with Crippen molar-refractivity contribution in [1.82, 2.24) is 15.0 Å². The molecule has 0 aliphatic rings. The van der Waals surface area contributed by atoms with Crippen LogP contribution in [0.1, 0.15) is 18.9 Å². The summed E-state index contributed by atoms with van der Waals surface area (Å²) in [6.45, 7) is 2.92. The third kappa shape index (κ3) is 1.33. The molecule has 4 heteroatoms. The van der Waals surface area contributed by atoms with Crippen molar-refractivity contribution in [2.45, 2.75) is 19.9 Å². The number of rotatable bonds is 2. The van der Waals surface area contributed by atoms with Crippen LogP contribution in [-0.4, -0.2) is 15.0 Å². The van der Waals surface area contributed by atoms with Gasteiger partial charge in [0.1, 0.15) is 5.52 Å². The molecular weight excluding hydrogens is 176 g/mol. The van der Waals surface area contributed by atoms with Crippen molar-refractivity contribution < 1.29 is 0 Å². The summed E-state index contributed by atoms with van der Waals surface area (Å²) in [6.07, 6.45) is 1.01. The van der Waals surface area contributed by atoms with E-state index in [1.165, 1.54) is 0 Å². The van der Waals surface area contributed by atoms with Crippen molar-refractivity contribution >= 4 is 11.0 Å². The first kappa shape index (κ1) is 8.70. The molecule has 0 fully saturated rings. The quantitative estimate of drug-likeness (QED) is 0.717. The highest BCUT2D eigenvalue weighted by Crippen LogP contribution is 2.13. The predicted molar refractivity (Wildman–Crippen MR) is 52.5 cm³/mol. The highest BCUT2D eigenvalue weighted by molar-refractivity contribution is 5.75. The van der Waals surface area contributed by atoms with E-state index in [2.05, 4.69) is 23.3 Å². The van der Waals surface area contributed by atoms with E-state index in [1.54, 1.807) is 6.07 Å². The predicted octanol–water partition coefficient (Wildman–Crippen LogP) is 1.71. The summed E-state index contributed by atoms with van der Waals surface area (Å²) in [5, 5.41) is 16.8. The molecule has 2 aromatic rings. The first-order valence-corrected chi connectivity index (χ1v) is 4.58. The van der Waals surface area contributed by atoms with Crippen LogP contribution in [0.15, 0.2) is 18.2 Å². The molecule has 4 nitrogen and oxygen atoms in total. The monoisotopic (exact) mass is 186 g/mol. The molecule has 0 amide bonds. The number of nitriles is 1. The number of benzene rings is 1. The van der Waals surface area contributed by atoms with E-state index < -0.39 is 0 Å². The maximum Gasteiger partial charge on any atom is 0.113 e. The average Bonchev–Trinajstić information content (AvgIpc) is 2.61. The van der Waals surface area contributed by atoms with Gasteiger partial charge in [-0.1, -0.05) is 12.1 Å². The molecule has 0 radical (unpaired) electrons. The normalized spacial score (nSPS) is 10.3. The molecule has 0 aliphatic heterocycles. The summed E-state index contributed by atoms with van der Waals surface area (Å²) in [5.41, 5.74) is 2.43. The van der Waals surface area contributed by atoms with Crippen LogP contribution >= 0.6 is 0 Å². The lowest BCUT2D eigenvalue weighted by Crippen LogP contribution is -1.98. The van der Waals surface area contributed by atoms with E-state index in [-0.39, 0.29) is 0 Å². The van der Waals surface area contributed by atoms with Gasteiger partial charge in [0.15, 0.2) is 0 Å². The highest BCUT2D eigenvalue weighted by atomic mass is 15.4. The minimum Gasteiger partial charge on any atom is -0.245 e. The Morgan fingerprint density at radius 3 is 3.07 bits per heavy atom. The second-order valence-corrected chi connectivity index (χ2v) is 3.13. The number of hydrogen-bond acceptors (Lipinski definition) is 3. The van der Waals surface area contributed by atoms with Crippen LogP contribution in [0, 0.1) is 11.3 Å². The number of fused-ring (bicyclic) bond motifs is 1. The summed E-state index contributed by atoms with van der Waals surface area (Å²) in [7, 11) is 0. The Labute approximate surface area is 81.8 Å². The summed E-state index contributed by atoms with van der Waals surface area (Å²) in [6, 6.07) is 7.52. The van der Waals surface area contributed by atoms with Gasteiger partial charge in [-0.3, -0.25) is 0 Å². The van der Waals surface area contributed by atoms with Gasteiger partial charge >= 0.3 is 0 Å². The van der Waals surface area contributed by atoms with Crippen LogP contribution in [0.3, 0.4) is 0 Å². The lowest BCUT2D eigenvalue weighted by atomic mass is 10.2. The maximum absolute atomic E-state index is 8.76. The summed E-state index contributed by atoms with van der Waals surface area (Å²) in [5.74, 6) is 0. The zero-order valence-corrected chi connectivity index (χ0v) is 7.94. The third-order valence-electron chi connectivity index (χ3n) is 2.08. The van der Waals surface area contributed by atoms with E-state index in [1.807, 2.05) is 16.8 Å². The number of nitrogens with zero attached hydrogens (tertiary/aromatic N) is 4. The maximum atomic E-state index is 8.76. The zero-order valence-electron chi connectivity index (χ0n) is 7.94. The SMILES string of the molecule is CCCn1nnc2ccc(C#N)cc21. The smallest absolute Gasteiger partial charge is 0.113 e. The minimum absolute atomic E-state index is 0.650. The molecule has 0 unspecified atom stereocenters. The van der Waals surface area contributed by atoms with Crippen molar-refractivity contribution in [3.05, 3.63) is 23.8 Å². The van der Waals surface area contributed by atoms with Crippen molar-refractivity contribution in [1.29, 1.82) is 5.26 Å². The van der Waals surface area contributed by atoms with E-state index in [4.69, 9.17) is 5.26 Å². The molecule has 0 atom stereocenters. The molecule has 0 bridgehead atoms. The standard InChI is InChI=1S/C10H10N4/c1-2-5-14-10-6-8(7-11)3-4-9(10)12-13-14/h3-4,6H,2,5H2,1H3. The number of aromatic nitrogens is 3. The van der Waals surface area contributed by atoms with Crippen molar-refractivity contribution in [2.24, 2.45) is 0 Å². The van der Waals surface area contributed by atoms with Crippen molar-refractivity contribution in [3.63, 3.8) is 0 Å². The van der Waals surface area contributed by atoms with E-state index in [0.717, 1.165) is 24.0 Å². The molecule has 2 rings (SSSR count). The molecule has 0 saturated carbocycles. The Morgan fingerprint density at radius 2 is 2.36 bits per heavy atom. The second-order valence-electron chi connectivity index (χ2n) is 3.13. The second kappa shape index (κ2) is 3.46. The number of hydrogen-bond donors (Lipinski definition) is 0. The average molecular weight is 186 g/mol. The molecular formula is C10H10N4. The van der Waals surface area contributed by atoms with Gasteiger partial charge in [-0.25, -0.2) is 4.68 Å². The summed E-state index contributed by atoms with van der Waals surface area (Å²) < 4.78 is 1.83. The molecule has 1 aromatic carbocycles. The Morgan fingerprint density at radius 1 is 1.50 bits per heavy atom. The lowest BCUT2D eigenvalue weighted by molar-refractivity contribution is 0.596.